The van der Waals surface area contributed by atoms with Gasteiger partial charge in [0.25, 0.3) is 0 Å². The number of carbonyl (C=O) groups excluding carboxylic acids is 1. The lowest BCUT2D eigenvalue weighted by Crippen LogP contribution is -2.31. The first kappa shape index (κ1) is 21.8. The highest BCUT2D eigenvalue weighted by molar-refractivity contribution is 6.09. The van der Waals surface area contributed by atoms with Crippen molar-refractivity contribution in [3.05, 3.63) is 114 Å². The van der Waals surface area contributed by atoms with Crippen LogP contribution in [0.3, 0.4) is 0 Å². The molecule has 1 atom stereocenters. The number of carboxylic acid groups (broad SMARTS) is 1. The molecular weight excluding hydrogens is 421 g/mol. The van der Waals surface area contributed by atoms with Gasteiger partial charge in [0, 0.05) is 29.2 Å². The van der Waals surface area contributed by atoms with E-state index in [2.05, 4.69) is 15.3 Å². The quantitative estimate of drug-likeness (QED) is 0.388. The largest absolute Gasteiger partial charge is 0.480 e. The molecule has 7 heteroatoms. The summed E-state index contributed by atoms with van der Waals surface area (Å²) in [6, 6.07) is 22.4. The minimum atomic E-state index is -0.984. The van der Waals surface area contributed by atoms with Gasteiger partial charge in [-0.15, -0.1) is 0 Å². The molecule has 0 spiro atoms. The van der Waals surface area contributed by atoms with Crippen LogP contribution in [-0.4, -0.2) is 32.9 Å². The second kappa shape index (κ2) is 9.82. The second-order valence-corrected chi connectivity index (χ2v) is 7.43. The van der Waals surface area contributed by atoms with Gasteiger partial charge in [-0.1, -0.05) is 54.6 Å². The van der Waals surface area contributed by atoms with Crippen LogP contribution in [-0.2, 0) is 11.2 Å². The van der Waals surface area contributed by atoms with Gasteiger partial charge in [0.15, 0.2) is 5.78 Å². The van der Waals surface area contributed by atoms with Crippen molar-refractivity contribution < 1.29 is 19.1 Å². The lowest BCUT2D eigenvalue weighted by atomic mass is 10.0. The lowest BCUT2D eigenvalue weighted by Gasteiger charge is -2.15. The summed E-state index contributed by atoms with van der Waals surface area (Å²) in [4.78, 5) is 32.7. The van der Waals surface area contributed by atoms with Crippen LogP contribution in [0.4, 0.5) is 10.2 Å². The van der Waals surface area contributed by atoms with Crippen molar-refractivity contribution in [1.82, 2.24) is 9.97 Å². The predicted molar refractivity (Wildman–Crippen MR) is 122 cm³/mol. The molecule has 0 amide bonds. The van der Waals surface area contributed by atoms with Crippen LogP contribution < -0.4 is 5.32 Å². The molecule has 0 saturated heterocycles. The van der Waals surface area contributed by atoms with E-state index in [-0.39, 0.29) is 5.78 Å². The molecule has 164 valence electrons. The molecule has 0 bridgehead atoms. The average Bonchev–Trinajstić information content (AvgIpc) is 2.84. The van der Waals surface area contributed by atoms with Gasteiger partial charge in [-0.05, 0) is 29.8 Å². The molecule has 4 rings (SSSR count). The molecule has 1 aromatic heterocycles. The number of aliphatic carboxylic acids is 1. The fourth-order valence-electron chi connectivity index (χ4n) is 3.38. The number of halogens is 1. The van der Waals surface area contributed by atoms with Crippen LogP contribution in [0.5, 0.6) is 0 Å². The molecule has 1 unspecified atom stereocenters. The van der Waals surface area contributed by atoms with E-state index in [4.69, 9.17) is 0 Å². The summed E-state index contributed by atoms with van der Waals surface area (Å²) >= 11 is 0. The minimum absolute atomic E-state index is 0.211. The topological polar surface area (TPSA) is 92.2 Å². The molecule has 1 heterocycles. The van der Waals surface area contributed by atoms with Gasteiger partial charge in [-0.2, -0.15) is 0 Å². The Kier molecular flexibility index (Phi) is 6.50. The Labute approximate surface area is 189 Å². The summed E-state index contributed by atoms with van der Waals surface area (Å²) in [7, 11) is 0. The Bertz CT molecular complexity index is 1260. The van der Waals surface area contributed by atoms with Crippen LogP contribution in [0.2, 0.25) is 0 Å². The van der Waals surface area contributed by atoms with E-state index in [0.29, 0.717) is 29.1 Å². The van der Waals surface area contributed by atoms with Gasteiger partial charge >= 0.3 is 5.97 Å². The number of anilines is 1. The summed E-state index contributed by atoms with van der Waals surface area (Å²) in [6.45, 7) is 0. The summed E-state index contributed by atoms with van der Waals surface area (Å²) < 4.78 is 13.1. The van der Waals surface area contributed by atoms with Crippen LogP contribution >= 0.6 is 0 Å². The molecule has 0 radical (unpaired) electrons. The number of aromatic nitrogens is 2. The lowest BCUT2D eigenvalue weighted by molar-refractivity contribution is -0.137. The Morgan fingerprint density at radius 2 is 1.52 bits per heavy atom. The first-order valence-corrected chi connectivity index (χ1v) is 10.3. The van der Waals surface area contributed by atoms with Gasteiger partial charge in [-0.25, -0.2) is 19.2 Å². The highest BCUT2D eigenvalue weighted by Crippen LogP contribution is 2.21. The number of ketones is 1. The highest BCUT2D eigenvalue weighted by Gasteiger charge is 2.19. The molecule has 2 N–H and O–H groups in total. The van der Waals surface area contributed by atoms with Crippen molar-refractivity contribution in [3.8, 4) is 11.3 Å². The number of carbonyl (C=O) groups is 2. The van der Waals surface area contributed by atoms with E-state index >= 15 is 0 Å². The fourth-order valence-corrected chi connectivity index (χ4v) is 3.38. The van der Waals surface area contributed by atoms with Crippen molar-refractivity contribution in [2.45, 2.75) is 12.5 Å². The monoisotopic (exact) mass is 441 g/mol. The van der Waals surface area contributed by atoms with Crippen LogP contribution in [0.25, 0.3) is 11.3 Å². The second-order valence-electron chi connectivity index (χ2n) is 7.43. The number of carboxylic acids is 1. The van der Waals surface area contributed by atoms with Gasteiger partial charge in [0.2, 0.25) is 0 Å². The Morgan fingerprint density at radius 1 is 0.879 bits per heavy atom. The predicted octanol–water partition coefficient (Wildman–Crippen LogP) is 4.62. The van der Waals surface area contributed by atoms with Gasteiger partial charge < -0.3 is 10.4 Å². The van der Waals surface area contributed by atoms with E-state index < -0.39 is 17.8 Å². The maximum atomic E-state index is 13.1. The first-order valence-electron chi connectivity index (χ1n) is 10.3. The molecule has 0 aliphatic carbocycles. The highest BCUT2D eigenvalue weighted by atomic mass is 19.1. The van der Waals surface area contributed by atoms with E-state index in [9.17, 15) is 19.1 Å². The zero-order valence-corrected chi connectivity index (χ0v) is 17.5. The number of rotatable bonds is 8. The third-order valence-electron chi connectivity index (χ3n) is 5.12. The van der Waals surface area contributed by atoms with Crippen molar-refractivity contribution in [1.29, 1.82) is 0 Å². The zero-order chi connectivity index (χ0) is 23.2. The Hall–Kier alpha value is -4.39. The molecule has 0 aliphatic rings. The Morgan fingerprint density at radius 3 is 2.15 bits per heavy atom. The maximum absolute atomic E-state index is 13.1. The molecule has 4 aromatic rings. The summed E-state index contributed by atoms with van der Waals surface area (Å²) in [5.41, 5.74) is 3.08. The molecule has 3 aromatic carbocycles. The van der Waals surface area contributed by atoms with Crippen molar-refractivity contribution in [2.75, 3.05) is 5.32 Å². The van der Waals surface area contributed by atoms with Crippen molar-refractivity contribution in [2.24, 2.45) is 0 Å². The molecular formula is C26H20FN3O3. The standard InChI is InChI=1S/C26H20FN3O3/c27-21-12-10-20(11-13-21)25(31)19-8-6-18(7-9-19)22-15-24(29-16-28-22)30-23(26(32)33)14-17-4-2-1-3-5-17/h1-13,15-16,23H,14H2,(H,32,33)(H,28,29,30). The van der Waals surface area contributed by atoms with E-state index in [0.717, 1.165) is 11.1 Å². The average molecular weight is 441 g/mol. The third kappa shape index (κ3) is 5.46. The Balaban J connectivity index is 1.50. The summed E-state index contributed by atoms with van der Waals surface area (Å²) in [5.74, 6) is -1.21. The minimum Gasteiger partial charge on any atom is -0.480 e. The van der Waals surface area contributed by atoms with Crippen LogP contribution in [0.15, 0.2) is 91.3 Å². The third-order valence-corrected chi connectivity index (χ3v) is 5.12. The fraction of sp³-hybridized carbons (Fsp3) is 0.0769. The molecule has 33 heavy (non-hydrogen) atoms. The van der Waals surface area contributed by atoms with Crippen LogP contribution in [0.1, 0.15) is 21.5 Å². The molecule has 6 nitrogen and oxygen atoms in total. The van der Waals surface area contributed by atoms with Gasteiger partial charge in [0.05, 0.1) is 5.69 Å². The normalized spacial score (nSPS) is 11.5. The summed E-state index contributed by atoms with van der Waals surface area (Å²) in [6.07, 6.45) is 1.66. The van der Waals surface area contributed by atoms with E-state index in [1.165, 1.54) is 30.6 Å². The smallest absolute Gasteiger partial charge is 0.326 e. The number of benzene rings is 3. The van der Waals surface area contributed by atoms with Gasteiger partial charge in [0.1, 0.15) is 24.0 Å². The number of hydrogen-bond donors (Lipinski definition) is 2. The SMILES string of the molecule is O=C(c1ccc(F)cc1)c1ccc(-c2cc(NC(Cc3ccccc3)C(=O)O)ncn2)cc1. The van der Waals surface area contributed by atoms with Gasteiger partial charge in [-0.3, -0.25) is 4.79 Å². The first-order chi connectivity index (χ1) is 16.0. The number of nitrogens with one attached hydrogen (secondary N) is 1. The summed E-state index contributed by atoms with van der Waals surface area (Å²) in [5, 5.41) is 12.6. The maximum Gasteiger partial charge on any atom is 0.326 e. The van der Waals surface area contributed by atoms with E-state index in [1.807, 2.05) is 30.3 Å². The van der Waals surface area contributed by atoms with Crippen molar-refractivity contribution in [3.63, 3.8) is 0 Å². The number of hydrogen-bond acceptors (Lipinski definition) is 5. The molecule has 0 saturated carbocycles. The molecule has 0 aliphatic heterocycles. The van der Waals surface area contributed by atoms with Crippen molar-refractivity contribution >= 4 is 17.6 Å². The molecule has 0 fully saturated rings. The number of nitrogens with zero attached hydrogens (tertiary/aromatic N) is 2. The zero-order valence-electron chi connectivity index (χ0n) is 17.5. The van der Waals surface area contributed by atoms with Crippen LogP contribution in [0, 0.1) is 5.82 Å². The van der Waals surface area contributed by atoms with E-state index in [1.54, 1.807) is 30.3 Å².